The standard InChI is InChI=1S/C28H49ClN6O4S/c1-7-26(36)31-22-16-23(24(39-6)15-19(22)11-10-14-35(4)5)33-28-30-17-20(29)27(34-28)32-21-12-8-9-13-25(21)40(37,38)18(2)3/h7,18-25,27-28,30,32-34H,1,8-9,12-17H2,2-6H3,(H,31,36). The van der Waals surface area contributed by atoms with Gasteiger partial charge in [-0.2, -0.15) is 0 Å². The molecule has 2 saturated carbocycles. The van der Waals surface area contributed by atoms with Crippen molar-refractivity contribution in [2.24, 2.45) is 5.92 Å². The quantitative estimate of drug-likeness (QED) is 0.140. The van der Waals surface area contributed by atoms with Gasteiger partial charge >= 0.3 is 0 Å². The number of methoxy groups -OCH3 is 1. The molecular weight excluding hydrogens is 552 g/mol. The molecule has 228 valence electrons. The summed E-state index contributed by atoms with van der Waals surface area (Å²) in [6, 6.07) is -0.389. The average molecular weight is 601 g/mol. The minimum Gasteiger partial charge on any atom is -0.380 e. The van der Waals surface area contributed by atoms with E-state index in [1.54, 1.807) is 21.0 Å². The smallest absolute Gasteiger partial charge is 0.243 e. The predicted octanol–water partition coefficient (Wildman–Crippen LogP) is 0.739. The highest BCUT2D eigenvalue weighted by molar-refractivity contribution is 7.92. The van der Waals surface area contributed by atoms with Crippen LogP contribution < -0.4 is 26.6 Å². The first-order chi connectivity index (χ1) is 19.0. The molecule has 0 aromatic carbocycles. The summed E-state index contributed by atoms with van der Waals surface area (Å²) in [6.07, 6.45) is 5.30. The van der Waals surface area contributed by atoms with Crippen LogP contribution in [0.4, 0.5) is 0 Å². The maximum atomic E-state index is 13.1. The third kappa shape index (κ3) is 8.88. The van der Waals surface area contributed by atoms with E-state index in [1.165, 1.54) is 6.08 Å². The zero-order valence-corrected chi connectivity index (χ0v) is 26.2. The first-order valence-corrected chi connectivity index (χ1v) is 16.5. The molecular formula is C28H49ClN6O4S. The Morgan fingerprint density at radius 1 is 1.18 bits per heavy atom. The monoisotopic (exact) mass is 600 g/mol. The molecule has 0 spiro atoms. The number of ether oxygens (including phenoxy) is 1. The Bertz CT molecular complexity index is 1020. The zero-order chi connectivity index (χ0) is 29.4. The van der Waals surface area contributed by atoms with Gasteiger partial charge in [0.25, 0.3) is 0 Å². The minimum atomic E-state index is -3.24. The molecule has 0 bridgehead atoms. The Morgan fingerprint density at radius 2 is 1.90 bits per heavy atom. The molecule has 1 aliphatic heterocycles. The minimum absolute atomic E-state index is 0.0492. The number of sulfone groups is 1. The molecule has 3 fully saturated rings. The van der Waals surface area contributed by atoms with Gasteiger partial charge < -0.3 is 10.1 Å². The van der Waals surface area contributed by atoms with Crippen LogP contribution >= 0.6 is 11.6 Å². The van der Waals surface area contributed by atoms with Gasteiger partial charge in [-0.05, 0) is 59.7 Å². The molecule has 1 saturated heterocycles. The number of amides is 1. The third-order valence-electron chi connectivity index (χ3n) is 8.21. The molecule has 0 radical (unpaired) electrons. The average Bonchev–Trinajstić information content (AvgIpc) is 2.91. The highest BCUT2D eigenvalue weighted by atomic mass is 35.5. The lowest BCUT2D eigenvalue weighted by Crippen LogP contribution is -2.72. The van der Waals surface area contributed by atoms with Gasteiger partial charge in [-0.1, -0.05) is 31.3 Å². The van der Waals surface area contributed by atoms with Crippen molar-refractivity contribution in [2.45, 2.75) is 105 Å². The van der Waals surface area contributed by atoms with Crippen molar-refractivity contribution < 1.29 is 17.9 Å². The van der Waals surface area contributed by atoms with Crippen molar-refractivity contribution in [1.82, 2.24) is 31.5 Å². The van der Waals surface area contributed by atoms with Crippen LogP contribution in [-0.2, 0) is 19.4 Å². The lowest BCUT2D eigenvalue weighted by atomic mass is 9.79. The van der Waals surface area contributed by atoms with Crippen LogP contribution in [0.15, 0.2) is 12.7 Å². The molecule has 10 nitrogen and oxygen atoms in total. The van der Waals surface area contributed by atoms with Crippen LogP contribution in [0.1, 0.15) is 52.4 Å². The highest BCUT2D eigenvalue weighted by Crippen LogP contribution is 2.29. The molecule has 1 amide bonds. The lowest BCUT2D eigenvalue weighted by Gasteiger charge is -2.45. The van der Waals surface area contributed by atoms with Gasteiger partial charge in [0, 0.05) is 37.7 Å². The van der Waals surface area contributed by atoms with E-state index in [2.05, 4.69) is 45.0 Å². The van der Waals surface area contributed by atoms with Gasteiger partial charge in [0.2, 0.25) is 5.91 Å². The lowest BCUT2D eigenvalue weighted by molar-refractivity contribution is -0.118. The number of nitrogens with zero attached hydrogens (tertiary/aromatic N) is 1. The number of hydrogen-bond donors (Lipinski definition) is 5. The molecule has 40 heavy (non-hydrogen) atoms. The van der Waals surface area contributed by atoms with Crippen LogP contribution in [0.5, 0.6) is 0 Å². The SMILES string of the molecule is C=CC(=O)NC1CC(NC2NCC(Cl)C(NC3CCCCC3S(=O)(=O)C(C)C)N2)C(OC)CC1C#CCN(C)C. The zero-order valence-electron chi connectivity index (χ0n) is 24.6. The maximum absolute atomic E-state index is 13.1. The van der Waals surface area contributed by atoms with Crippen molar-refractivity contribution >= 4 is 27.3 Å². The topological polar surface area (TPSA) is 124 Å². The summed E-state index contributed by atoms with van der Waals surface area (Å²) in [6.45, 7) is 8.30. The second kappa shape index (κ2) is 15.3. The number of nitrogens with one attached hydrogen (secondary N) is 5. The van der Waals surface area contributed by atoms with E-state index in [-0.39, 0.29) is 53.9 Å². The van der Waals surface area contributed by atoms with Gasteiger partial charge in [-0.3, -0.25) is 31.0 Å². The Kier molecular flexibility index (Phi) is 12.7. The Labute approximate surface area is 246 Å². The van der Waals surface area contributed by atoms with E-state index in [0.29, 0.717) is 32.4 Å². The fourth-order valence-corrected chi connectivity index (χ4v) is 8.03. The van der Waals surface area contributed by atoms with Crippen molar-refractivity contribution in [2.75, 3.05) is 34.3 Å². The summed E-state index contributed by atoms with van der Waals surface area (Å²) in [5.41, 5.74) is 0. The Hall–Kier alpha value is -1.23. The van der Waals surface area contributed by atoms with Gasteiger partial charge in [0.05, 0.1) is 34.7 Å². The molecule has 5 N–H and O–H groups in total. The second-order valence-corrected chi connectivity index (χ2v) is 15.0. The molecule has 2 aliphatic carbocycles. The second-order valence-electron chi connectivity index (χ2n) is 11.7. The molecule has 0 aromatic heterocycles. The van der Waals surface area contributed by atoms with Crippen molar-refractivity contribution in [3.63, 3.8) is 0 Å². The van der Waals surface area contributed by atoms with Gasteiger partial charge in [-0.15, -0.1) is 11.6 Å². The van der Waals surface area contributed by atoms with E-state index >= 15 is 0 Å². The van der Waals surface area contributed by atoms with Crippen LogP contribution in [0.25, 0.3) is 0 Å². The van der Waals surface area contributed by atoms with Gasteiger partial charge in [0.15, 0.2) is 9.84 Å². The number of halogens is 1. The summed E-state index contributed by atoms with van der Waals surface area (Å²) in [5, 5.41) is 16.1. The van der Waals surface area contributed by atoms with Crippen molar-refractivity contribution in [3.8, 4) is 11.8 Å². The molecule has 9 unspecified atom stereocenters. The fraction of sp³-hybridized carbons (Fsp3) is 0.821. The van der Waals surface area contributed by atoms with Gasteiger partial charge in [-0.25, -0.2) is 8.42 Å². The molecule has 3 rings (SSSR count). The summed E-state index contributed by atoms with van der Waals surface area (Å²) >= 11 is 6.71. The van der Waals surface area contributed by atoms with E-state index in [9.17, 15) is 13.2 Å². The first kappa shape index (κ1) is 33.3. The normalized spacial score (nSPS) is 35.1. The highest BCUT2D eigenvalue weighted by Gasteiger charge is 2.42. The molecule has 1 heterocycles. The summed E-state index contributed by atoms with van der Waals surface area (Å²) < 4.78 is 32.1. The number of alkyl halides is 1. The molecule has 3 aliphatic rings. The third-order valence-corrected chi connectivity index (χ3v) is 11.3. The summed E-state index contributed by atoms with van der Waals surface area (Å²) in [7, 11) is 2.41. The molecule has 12 heteroatoms. The number of carbonyl (C=O) groups is 1. The maximum Gasteiger partial charge on any atom is 0.243 e. The van der Waals surface area contributed by atoms with E-state index in [0.717, 1.165) is 19.3 Å². The molecule has 9 atom stereocenters. The van der Waals surface area contributed by atoms with Gasteiger partial charge in [0.1, 0.15) is 6.29 Å². The fourth-order valence-electron chi connectivity index (χ4n) is 5.93. The van der Waals surface area contributed by atoms with E-state index in [4.69, 9.17) is 16.3 Å². The van der Waals surface area contributed by atoms with Crippen LogP contribution in [-0.4, -0.2) is 106 Å². The van der Waals surface area contributed by atoms with Crippen molar-refractivity contribution in [3.05, 3.63) is 12.7 Å². The first-order valence-electron chi connectivity index (χ1n) is 14.4. The van der Waals surface area contributed by atoms with Crippen LogP contribution in [0.2, 0.25) is 0 Å². The Morgan fingerprint density at radius 3 is 2.55 bits per heavy atom. The number of hydrogen-bond acceptors (Lipinski definition) is 9. The largest absolute Gasteiger partial charge is 0.380 e. The summed E-state index contributed by atoms with van der Waals surface area (Å²) in [5.74, 6) is 6.30. The van der Waals surface area contributed by atoms with Crippen LogP contribution in [0, 0.1) is 17.8 Å². The van der Waals surface area contributed by atoms with Crippen molar-refractivity contribution in [1.29, 1.82) is 0 Å². The Balaban J connectivity index is 1.69. The van der Waals surface area contributed by atoms with Crippen LogP contribution in [0.3, 0.4) is 0 Å². The van der Waals surface area contributed by atoms with E-state index in [1.807, 2.05) is 19.0 Å². The predicted molar refractivity (Wildman–Crippen MR) is 160 cm³/mol. The number of carbonyl (C=O) groups excluding carboxylic acids is 1. The van der Waals surface area contributed by atoms with E-state index < -0.39 is 20.3 Å². The number of rotatable bonds is 10. The molecule has 0 aromatic rings. The summed E-state index contributed by atoms with van der Waals surface area (Å²) in [4.78, 5) is 14.2.